The molecule has 2 atom stereocenters. The molecule has 0 aliphatic heterocycles. The van der Waals surface area contributed by atoms with E-state index in [2.05, 4.69) is 78.8 Å². The van der Waals surface area contributed by atoms with Crippen LogP contribution in [0.3, 0.4) is 0 Å². The lowest BCUT2D eigenvalue weighted by Gasteiger charge is -2.37. The highest BCUT2D eigenvalue weighted by atomic mass is 28.4. The highest BCUT2D eigenvalue weighted by Gasteiger charge is 2.43. The Labute approximate surface area is 140 Å². The van der Waals surface area contributed by atoms with Crippen LogP contribution >= 0.6 is 0 Å². The number of rotatable bonds is 7. The summed E-state index contributed by atoms with van der Waals surface area (Å²) >= 11 is 0. The molecule has 0 aromatic carbocycles. The van der Waals surface area contributed by atoms with Gasteiger partial charge < -0.3 is 8.85 Å². The van der Waals surface area contributed by atoms with Crippen molar-refractivity contribution in [1.82, 2.24) is 0 Å². The van der Waals surface area contributed by atoms with Crippen molar-refractivity contribution in [3.63, 3.8) is 0 Å². The van der Waals surface area contributed by atoms with Crippen molar-refractivity contribution in [3.05, 3.63) is 11.6 Å². The van der Waals surface area contributed by atoms with Gasteiger partial charge in [0.1, 0.15) is 0 Å². The topological polar surface area (TPSA) is 35.5 Å². The number of hydrogen-bond donors (Lipinski definition) is 0. The molecule has 0 aliphatic rings. The quantitative estimate of drug-likeness (QED) is 0.459. The molecule has 0 saturated carbocycles. The second-order valence-electron chi connectivity index (χ2n) is 9.32. The molecule has 0 N–H and O–H groups in total. The van der Waals surface area contributed by atoms with E-state index in [4.69, 9.17) is 8.85 Å². The summed E-state index contributed by atoms with van der Waals surface area (Å²) in [6.45, 7) is 23.5. The SMILES string of the molecule is CC(C)=C[C@H](O[Si](C)(C)C)[C@@H](C(=O)O[Si](C)(C)C)[Si](C)(C)C. The Morgan fingerprint density at radius 2 is 1.32 bits per heavy atom. The van der Waals surface area contributed by atoms with Crippen LogP contribution in [0.1, 0.15) is 13.8 Å². The lowest BCUT2D eigenvalue weighted by molar-refractivity contribution is -0.136. The van der Waals surface area contributed by atoms with Crippen molar-refractivity contribution in [2.24, 2.45) is 0 Å². The first-order chi connectivity index (χ1) is 9.53. The van der Waals surface area contributed by atoms with E-state index in [-0.39, 0.29) is 17.6 Å². The summed E-state index contributed by atoms with van der Waals surface area (Å²) < 4.78 is 12.2. The van der Waals surface area contributed by atoms with E-state index in [9.17, 15) is 4.79 Å². The zero-order valence-electron chi connectivity index (χ0n) is 16.5. The van der Waals surface area contributed by atoms with Crippen LogP contribution in [0.2, 0.25) is 64.5 Å². The van der Waals surface area contributed by atoms with E-state index in [1.165, 1.54) is 5.57 Å². The molecule has 0 saturated heterocycles. The first kappa shape index (κ1) is 21.8. The summed E-state index contributed by atoms with van der Waals surface area (Å²) in [5, 5.41) is 0. The van der Waals surface area contributed by atoms with Gasteiger partial charge in [-0.2, -0.15) is 0 Å². The van der Waals surface area contributed by atoms with Crippen molar-refractivity contribution in [2.75, 3.05) is 0 Å². The van der Waals surface area contributed by atoms with Crippen molar-refractivity contribution in [2.45, 2.75) is 84.4 Å². The Kier molecular flexibility index (Phi) is 7.53. The van der Waals surface area contributed by atoms with Crippen LogP contribution in [0, 0.1) is 0 Å². The minimum Gasteiger partial charge on any atom is -0.520 e. The second-order valence-corrected chi connectivity index (χ2v) is 23.6. The molecule has 0 aromatic rings. The molecule has 0 spiro atoms. The monoisotopic (exact) mass is 360 g/mol. The second kappa shape index (κ2) is 7.59. The fraction of sp³-hybridized carbons (Fsp3) is 0.812. The Bertz CT molecular complexity index is 408. The van der Waals surface area contributed by atoms with E-state index in [1.807, 2.05) is 0 Å². The smallest absolute Gasteiger partial charge is 0.295 e. The Morgan fingerprint density at radius 1 is 0.864 bits per heavy atom. The van der Waals surface area contributed by atoms with E-state index in [0.29, 0.717) is 0 Å². The van der Waals surface area contributed by atoms with E-state index in [1.54, 1.807) is 0 Å². The molecular weight excluding hydrogens is 324 g/mol. The van der Waals surface area contributed by atoms with Gasteiger partial charge >= 0.3 is 0 Å². The predicted octanol–water partition coefficient (Wildman–Crippen LogP) is 5.26. The fourth-order valence-electron chi connectivity index (χ4n) is 2.28. The molecule has 22 heavy (non-hydrogen) atoms. The summed E-state index contributed by atoms with van der Waals surface area (Å²) in [4.78, 5) is 12.9. The predicted molar refractivity (Wildman–Crippen MR) is 104 cm³/mol. The molecule has 6 heteroatoms. The molecule has 0 fully saturated rings. The fourth-order valence-corrected chi connectivity index (χ4v) is 6.20. The molecule has 3 nitrogen and oxygen atoms in total. The van der Waals surface area contributed by atoms with Crippen molar-refractivity contribution in [1.29, 1.82) is 0 Å². The highest BCUT2D eigenvalue weighted by Crippen LogP contribution is 2.33. The van der Waals surface area contributed by atoms with Crippen molar-refractivity contribution < 1.29 is 13.6 Å². The molecule has 0 aliphatic carbocycles. The van der Waals surface area contributed by atoms with Gasteiger partial charge in [0, 0.05) is 0 Å². The average molecular weight is 361 g/mol. The minimum absolute atomic E-state index is 0.0564. The average Bonchev–Trinajstić information content (AvgIpc) is 2.06. The zero-order valence-corrected chi connectivity index (χ0v) is 19.5. The van der Waals surface area contributed by atoms with Gasteiger partial charge in [-0.3, -0.25) is 4.79 Å². The molecule has 130 valence electrons. The molecule has 0 heterocycles. The van der Waals surface area contributed by atoms with E-state index in [0.717, 1.165) is 0 Å². The van der Waals surface area contributed by atoms with Crippen LogP contribution in [0.5, 0.6) is 0 Å². The van der Waals surface area contributed by atoms with Crippen molar-refractivity contribution in [3.8, 4) is 0 Å². The first-order valence-electron chi connectivity index (χ1n) is 8.08. The molecule has 0 unspecified atom stereocenters. The van der Waals surface area contributed by atoms with Crippen LogP contribution in [0.15, 0.2) is 11.6 Å². The van der Waals surface area contributed by atoms with E-state index < -0.39 is 24.7 Å². The maximum atomic E-state index is 12.9. The Balaban J connectivity index is 5.69. The lowest BCUT2D eigenvalue weighted by atomic mass is 10.2. The summed E-state index contributed by atoms with van der Waals surface area (Å²) in [6.07, 6.45) is 1.96. The van der Waals surface area contributed by atoms with Crippen LogP contribution < -0.4 is 0 Å². The van der Waals surface area contributed by atoms with Gasteiger partial charge in [0.25, 0.3) is 5.97 Å². The Morgan fingerprint density at radius 3 is 1.59 bits per heavy atom. The third-order valence-electron chi connectivity index (χ3n) is 2.91. The van der Waals surface area contributed by atoms with Crippen LogP contribution in [0.25, 0.3) is 0 Å². The van der Waals surface area contributed by atoms with Gasteiger partial charge in [-0.1, -0.05) is 31.3 Å². The number of allylic oxidation sites excluding steroid dienone is 1. The molecule has 0 aromatic heterocycles. The lowest BCUT2D eigenvalue weighted by Crippen LogP contribution is -2.48. The molecule has 0 amide bonds. The number of carbonyl (C=O) groups is 1. The van der Waals surface area contributed by atoms with E-state index >= 15 is 0 Å². The molecule has 0 rings (SSSR count). The summed E-state index contributed by atoms with van der Waals surface area (Å²) in [7, 11) is -5.43. The van der Waals surface area contributed by atoms with Crippen LogP contribution in [0.4, 0.5) is 0 Å². The molecule has 0 radical (unpaired) electrons. The maximum Gasteiger partial charge on any atom is 0.295 e. The van der Waals surface area contributed by atoms with Gasteiger partial charge in [0.15, 0.2) is 8.32 Å². The normalized spacial score (nSPS) is 16.0. The number of carbonyl (C=O) groups excluding carboxylic acids is 1. The van der Waals surface area contributed by atoms with Crippen LogP contribution in [-0.2, 0) is 13.6 Å². The standard InChI is InChI=1S/C16H36O3Si3/c1-13(2)12-14(18-21(6,7)8)15(20(3,4)5)16(17)19-22(9,10)11/h12,14-15H,1-11H3/t14-,15-/m0/s1. The third kappa shape index (κ3) is 9.07. The van der Waals surface area contributed by atoms with Gasteiger partial charge in [-0.15, -0.1) is 0 Å². The largest absolute Gasteiger partial charge is 0.520 e. The summed E-state index contributed by atoms with van der Waals surface area (Å²) in [5.74, 6) is -0.0564. The van der Waals surface area contributed by atoms with Crippen molar-refractivity contribution >= 4 is 30.7 Å². The first-order valence-corrected chi connectivity index (χ1v) is 18.5. The van der Waals surface area contributed by atoms with Crippen LogP contribution in [-0.4, -0.2) is 36.8 Å². The minimum atomic E-state index is -1.90. The van der Waals surface area contributed by atoms with Gasteiger partial charge in [0.2, 0.25) is 8.32 Å². The summed E-state index contributed by atoms with van der Waals surface area (Å²) in [6, 6.07) is 0. The summed E-state index contributed by atoms with van der Waals surface area (Å²) in [5.41, 5.74) is 1.04. The molecule has 0 bridgehead atoms. The van der Waals surface area contributed by atoms with Gasteiger partial charge in [-0.05, 0) is 53.1 Å². The number of hydrogen-bond acceptors (Lipinski definition) is 3. The van der Waals surface area contributed by atoms with Gasteiger partial charge in [0.05, 0.1) is 19.7 Å². The highest BCUT2D eigenvalue weighted by molar-refractivity contribution is 6.81. The maximum absolute atomic E-state index is 12.9. The molecular formula is C16H36O3Si3. The van der Waals surface area contributed by atoms with Gasteiger partial charge in [-0.25, -0.2) is 0 Å². The third-order valence-corrected chi connectivity index (χ3v) is 7.13. The zero-order chi connectivity index (χ0) is 17.9. The Hall–Kier alpha value is -0.179.